The maximum absolute atomic E-state index is 5.70. The molecule has 2 heteroatoms. The van der Waals surface area contributed by atoms with Crippen molar-refractivity contribution in [2.75, 3.05) is 18.1 Å². The predicted octanol–water partition coefficient (Wildman–Crippen LogP) is 2.11. The number of hydrogen-bond donors (Lipinski definition) is 1. The van der Waals surface area contributed by atoms with E-state index < -0.39 is 0 Å². The summed E-state index contributed by atoms with van der Waals surface area (Å²) in [6.45, 7) is 3.21. The van der Waals surface area contributed by atoms with Gasteiger partial charge in [-0.25, -0.2) is 0 Å². The average Bonchev–Trinajstić information content (AvgIpc) is 2.80. The van der Waals surface area contributed by atoms with Crippen LogP contribution < -0.4 is 5.73 Å². The molecular weight excluding hydrogens is 166 g/mol. The van der Waals surface area contributed by atoms with Gasteiger partial charge in [-0.3, -0.25) is 0 Å². The van der Waals surface area contributed by atoms with E-state index in [0.29, 0.717) is 0 Å². The van der Waals surface area contributed by atoms with Gasteiger partial charge in [0.1, 0.15) is 0 Å². The zero-order chi connectivity index (χ0) is 8.60. The molecule has 12 heavy (non-hydrogen) atoms. The van der Waals surface area contributed by atoms with Crippen molar-refractivity contribution < 1.29 is 0 Å². The van der Waals surface area contributed by atoms with Gasteiger partial charge in [0, 0.05) is 0 Å². The maximum Gasteiger partial charge on any atom is -0.00486 e. The van der Waals surface area contributed by atoms with Gasteiger partial charge in [0.25, 0.3) is 0 Å². The Morgan fingerprint density at radius 3 is 2.75 bits per heavy atom. The summed E-state index contributed by atoms with van der Waals surface area (Å²) in [4.78, 5) is 0. The molecule has 0 aromatic rings. The molecule has 2 N–H and O–H groups in total. The lowest BCUT2D eigenvalue weighted by atomic mass is 9.91. The van der Waals surface area contributed by atoms with Crippen LogP contribution >= 0.6 is 11.8 Å². The van der Waals surface area contributed by atoms with Crippen molar-refractivity contribution >= 4 is 11.8 Å². The van der Waals surface area contributed by atoms with Crippen molar-refractivity contribution in [1.29, 1.82) is 0 Å². The van der Waals surface area contributed by atoms with Gasteiger partial charge in [-0.05, 0) is 54.6 Å². The van der Waals surface area contributed by atoms with Gasteiger partial charge in [-0.1, -0.05) is 6.92 Å². The molecule has 0 bridgehead atoms. The van der Waals surface area contributed by atoms with Crippen LogP contribution in [0.2, 0.25) is 0 Å². The van der Waals surface area contributed by atoms with E-state index in [1.807, 2.05) is 0 Å². The second-order valence-electron chi connectivity index (χ2n) is 4.50. The highest BCUT2D eigenvalue weighted by molar-refractivity contribution is 7.99. The second-order valence-corrected chi connectivity index (χ2v) is 5.72. The Hall–Kier alpha value is 0.310. The Morgan fingerprint density at radius 2 is 2.17 bits per heavy atom. The molecule has 1 saturated carbocycles. The van der Waals surface area contributed by atoms with E-state index in [9.17, 15) is 0 Å². The molecule has 2 aliphatic rings. The van der Waals surface area contributed by atoms with Crippen molar-refractivity contribution in [2.45, 2.75) is 26.2 Å². The van der Waals surface area contributed by atoms with E-state index in [-0.39, 0.29) is 0 Å². The largest absolute Gasteiger partial charge is 0.330 e. The van der Waals surface area contributed by atoms with Crippen molar-refractivity contribution in [2.24, 2.45) is 23.0 Å². The third kappa shape index (κ3) is 1.39. The topological polar surface area (TPSA) is 26.0 Å². The predicted molar refractivity (Wildman–Crippen MR) is 55.3 cm³/mol. The summed E-state index contributed by atoms with van der Waals surface area (Å²) >= 11 is 2.13. The maximum atomic E-state index is 5.70. The molecule has 0 aromatic heterocycles. The Kier molecular flexibility index (Phi) is 2.39. The molecule has 70 valence electrons. The highest BCUT2D eigenvalue weighted by atomic mass is 32.2. The molecular formula is C10H19NS. The lowest BCUT2D eigenvalue weighted by Crippen LogP contribution is -2.20. The summed E-state index contributed by atoms with van der Waals surface area (Å²) in [5, 5.41) is 0. The standard InChI is InChI=1S/C10H19NS/c1-8(7-11)9-6-10(9)2-4-12-5-3-10/h8-9H,2-7,11H2,1H3. The second kappa shape index (κ2) is 3.22. The van der Waals surface area contributed by atoms with Crippen LogP contribution in [-0.4, -0.2) is 18.1 Å². The van der Waals surface area contributed by atoms with E-state index in [1.165, 1.54) is 30.8 Å². The fraction of sp³-hybridized carbons (Fsp3) is 1.00. The third-order valence-electron chi connectivity index (χ3n) is 3.80. The van der Waals surface area contributed by atoms with E-state index in [2.05, 4.69) is 18.7 Å². The molecule has 1 nitrogen and oxygen atoms in total. The minimum atomic E-state index is 0.768. The first kappa shape index (κ1) is 8.89. The van der Waals surface area contributed by atoms with Crippen LogP contribution in [0.1, 0.15) is 26.2 Å². The fourth-order valence-electron chi connectivity index (χ4n) is 2.70. The summed E-state index contributed by atoms with van der Waals surface area (Å²) in [5.41, 5.74) is 6.47. The SMILES string of the molecule is CC(CN)C1CC12CCSCC2. The van der Waals surface area contributed by atoms with Crippen molar-refractivity contribution in [3.05, 3.63) is 0 Å². The van der Waals surface area contributed by atoms with Gasteiger partial charge in [0.05, 0.1) is 0 Å². The molecule has 0 radical (unpaired) electrons. The molecule has 0 amide bonds. The highest BCUT2D eigenvalue weighted by Crippen LogP contribution is 2.63. The van der Waals surface area contributed by atoms with Crippen LogP contribution in [0.15, 0.2) is 0 Å². The lowest BCUT2D eigenvalue weighted by molar-refractivity contribution is 0.357. The zero-order valence-corrected chi connectivity index (χ0v) is 8.70. The van der Waals surface area contributed by atoms with Crippen molar-refractivity contribution in [3.63, 3.8) is 0 Å². The van der Waals surface area contributed by atoms with Crippen LogP contribution in [0.4, 0.5) is 0 Å². The molecule has 0 aromatic carbocycles. The fourth-order valence-corrected chi connectivity index (χ4v) is 4.01. The summed E-state index contributed by atoms with van der Waals surface area (Å²) < 4.78 is 0. The third-order valence-corrected chi connectivity index (χ3v) is 4.79. The van der Waals surface area contributed by atoms with E-state index in [1.54, 1.807) is 0 Å². The van der Waals surface area contributed by atoms with Gasteiger partial charge in [-0.15, -0.1) is 0 Å². The smallest absolute Gasteiger partial charge is 0.00486 e. The van der Waals surface area contributed by atoms with Gasteiger partial charge >= 0.3 is 0 Å². The van der Waals surface area contributed by atoms with Crippen molar-refractivity contribution in [3.8, 4) is 0 Å². The van der Waals surface area contributed by atoms with E-state index in [4.69, 9.17) is 5.73 Å². The van der Waals surface area contributed by atoms with Crippen LogP contribution in [0.3, 0.4) is 0 Å². The van der Waals surface area contributed by atoms with Crippen LogP contribution in [0.5, 0.6) is 0 Å². The monoisotopic (exact) mass is 185 g/mol. The van der Waals surface area contributed by atoms with E-state index in [0.717, 1.165) is 23.8 Å². The lowest BCUT2D eigenvalue weighted by Gasteiger charge is -2.23. The number of rotatable bonds is 2. The molecule has 2 rings (SSSR count). The van der Waals surface area contributed by atoms with Crippen LogP contribution in [0, 0.1) is 17.3 Å². The molecule has 1 aliphatic carbocycles. The number of nitrogens with two attached hydrogens (primary N) is 1. The quantitative estimate of drug-likeness (QED) is 0.713. The Morgan fingerprint density at radius 1 is 1.50 bits per heavy atom. The first-order valence-corrected chi connectivity index (χ1v) is 6.22. The van der Waals surface area contributed by atoms with Crippen molar-refractivity contribution in [1.82, 2.24) is 0 Å². The average molecular weight is 185 g/mol. The molecule has 1 saturated heterocycles. The zero-order valence-electron chi connectivity index (χ0n) is 7.88. The van der Waals surface area contributed by atoms with E-state index >= 15 is 0 Å². The molecule has 2 atom stereocenters. The van der Waals surface area contributed by atoms with Gasteiger partial charge in [0.2, 0.25) is 0 Å². The van der Waals surface area contributed by atoms with Gasteiger partial charge in [0.15, 0.2) is 0 Å². The minimum absolute atomic E-state index is 0.768. The summed E-state index contributed by atoms with van der Waals surface area (Å²) in [6, 6.07) is 0. The summed E-state index contributed by atoms with van der Waals surface area (Å²) in [6.07, 6.45) is 4.41. The van der Waals surface area contributed by atoms with Crippen LogP contribution in [-0.2, 0) is 0 Å². The number of thioether (sulfide) groups is 1. The van der Waals surface area contributed by atoms with Gasteiger partial charge in [-0.2, -0.15) is 11.8 Å². The number of hydrogen-bond acceptors (Lipinski definition) is 2. The molecule has 1 aliphatic heterocycles. The Labute approximate surface area is 79.5 Å². The highest BCUT2D eigenvalue weighted by Gasteiger charge is 2.55. The molecule has 1 spiro atoms. The van der Waals surface area contributed by atoms with Gasteiger partial charge < -0.3 is 5.73 Å². The van der Waals surface area contributed by atoms with Crippen LogP contribution in [0.25, 0.3) is 0 Å². The Bertz CT molecular complexity index is 163. The molecule has 1 heterocycles. The molecule has 2 fully saturated rings. The summed E-state index contributed by atoms with van der Waals surface area (Å²) in [5.74, 6) is 4.54. The first-order chi connectivity index (χ1) is 5.78. The first-order valence-electron chi connectivity index (χ1n) is 5.06. The minimum Gasteiger partial charge on any atom is -0.330 e. The molecule has 2 unspecified atom stereocenters. The summed E-state index contributed by atoms with van der Waals surface area (Å²) in [7, 11) is 0. The normalized spacial score (nSPS) is 35.0. The Balaban J connectivity index is 1.90.